The number of fused-ring (bicyclic) bond motifs is 1. The minimum absolute atomic E-state index is 0.258. The van der Waals surface area contributed by atoms with Crippen LogP contribution in [-0.4, -0.2) is 65.0 Å². The average Bonchev–Trinajstić information content (AvgIpc) is 2.96. The van der Waals surface area contributed by atoms with E-state index in [-0.39, 0.29) is 11.1 Å². The van der Waals surface area contributed by atoms with Gasteiger partial charge in [-0.2, -0.15) is 0 Å². The van der Waals surface area contributed by atoms with Crippen LogP contribution in [0.15, 0.2) is 36.4 Å². The quantitative estimate of drug-likeness (QED) is 0.575. The highest BCUT2D eigenvalue weighted by molar-refractivity contribution is 7.90. The lowest BCUT2D eigenvalue weighted by molar-refractivity contribution is 0.0597. The van der Waals surface area contributed by atoms with E-state index < -0.39 is 33.4 Å². The number of methoxy groups -OCH3 is 1. The van der Waals surface area contributed by atoms with Crippen LogP contribution in [0.5, 0.6) is 11.5 Å². The molecule has 0 aliphatic carbocycles. The number of carbonyl (C=O) groups is 2. The maximum Gasteiger partial charge on any atom is 0.264 e. The van der Waals surface area contributed by atoms with Crippen LogP contribution in [0, 0.1) is 0 Å². The van der Waals surface area contributed by atoms with Crippen LogP contribution in [0.4, 0.5) is 5.69 Å². The zero-order chi connectivity index (χ0) is 22.9. The third-order valence-electron chi connectivity index (χ3n) is 5.05. The standard InChI is InChI=1S/C22H26N2O6S/c1-6-30-19-12-14(10-11-18(19)29-4)17(13-31(5,27)28)24-21(25)15-8-7-9-16(23(2)3)20(15)22(24)26/h7-12,17H,6,13H2,1-5H3/t17-/m0/s1. The van der Waals surface area contributed by atoms with Gasteiger partial charge < -0.3 is 14.4 Å². The van der Waals surface area contributed by atoms with Crippen molar-refractivity contribution in [1.82, 2.24) is 4.90 Å². The molecule has 2 aromatic carbocycles. The fourth-order valence-corrected chi connectivity index (χ4v) is 4.63. The predicted molar refractivity (Wildman–Crippen MR) is 118 cm³/mol. The number of nitrogens with zero attached hydrogens (tertiary/aromatic N) is 2. The predicted octanol–water partition coefficient (Wildman–Crippen LogP) is 2.54. The Bertz CT molecular complexity index is 1130. The first-order valence-electron chi connectivity index (χ1n) is 9.75. The molecule has 0 saturated carbocycles. The molecule has 1 heterocycles. The molecule has 1 aliphatic heterocycles. The van der Waals surface area contributed by atoms with Crippen molar-refractivity contribution in [3.63, 3.8) is 0 Å². The molecule has 1 aliphatic rings. The van der Waals surface area contributed by atoms with Crippen LogP contribution in [0.3, 0.4) is 0 Å². The molecule has 0 unspecified atom stereocenters. The van der Waals surface area contributed by atoms with Crippen LogP contribution < -0.4 is 14.4 Å². The highest BCUT2D eigenvalue weighted by atomic mass is 32.2. The summed E-state index contributed by atoms with van der Waals surface area (Å²) in [7, 11) is 1.52. The molecule has 166 valence electrons. The van der Waals surface area contributed by atoms with Crippen molar-refractivity contribution >= 4 is 27.3 Å². The number of imide groups is 1. The Morgan fingerprint density at radius 1 is 1.06 bits per heavy atom. The second-order valence-electron chi connectivity index (χ2n) is 7.53. The van der Waals surface area contributed by atoms with Crippen LogP contribution in [0.1, 0.15) is 39.2 Å². The molecule has 31 heavy (non-hydrogen) atoms. The second kappa shape index (κ2) is 8.58. The van der Waals surface area contributed by atoms with Gasteiger partial charge in [-0.3, -0.25) is 14.5 Å². The van der Waals surface area contributed by atoms with Crippen molar-refractivity contribution in [2.75, 3.05) is 44.7 Å². The minimum atomic E-state index is -3.54. The van der Waals surface area contributed by atoms with Gasteiger partial charge >= 0.3 is 0 Å². The van der Waals surface area contributed by atoms with Crippen molar-refractivity contribution in [3.8, 4) is 11.5 Å². The lowest BCUT2D eigenvalue weighted by atomic mass is 10.1. The highest BCUT2D eigenvalue weighted by Crippen LogP contribution is 2.38. The van der Waals surface area contributed by atoms with E-state index in [1.807, 2.05) is 6.92 Å². The van der Waals surface area contributed by atoms with Gasteiger partial charge in [0.1, 0.15) is 9.84 Å². The summed E-state index contributed by atoms with van der Waals surface area (Å²) in [6.45, 7) is 2.18. The van der Waals surface area contributed by atoms with Crippen molar-refractivity contribution in [2.24, 2.45) is 0 Å². The van der Waals surface area contributed by atoms with Gasteiger partial charge in [-0.25, -0.2) is 8.42 Å². The van der Waals surface area contributed by atoms with Gasteiger partial charge in [0.25, 0.3) is 11.8 Å². The number of rotatable bonds is 8. The number of ether oxygens (including phenoxy) is 2. The molecule has 0 fully saturated rings. The Morgan fingerprint density at radius 2 is 1.77 bits per heavy atom. The summed E-state index contributed by atoms with van der Waals surface area (Å²) in [4.78, 5) is 29.4. The van der Waals surface area contributed by atoms with E-state index in [9.17, 15) is 18.0 Å². The smallest absolute Gasteiger partial charge is 0.264 e. The summed E-state index contributed by atoms with van der Waals surface area (Å²) < 4.78 is 35.4. The molecular formula is C22H26N2O6S. The molecule has 8 nitrogen and oxygen atoms in total. The first-order valence-corrected chi connectivity index (χ1v) is 11.8. The van der Waals surface area contributed by atoms with E-state index in [0.29, 0.717) is 29.4 Å². The largest absolute Gasteiger partial charge is 0.493 e. The molecule has 0 aromatic heterocycles. The van der Waals surface area contributed by atoms with Crippen LogP contribution in [0.2, 0.25) is 0 Å². The number of amides is 2. The van der Waals surface area contributed by atoms with Crippen molar-refractivity contribution in [1.29, 1.82) is 0 Å². The molecular weight excluding hydrogens is 420 g/mol. The van der Waals surface area contributed by atoms with Crippen LogP contribution in [0.25, 0.3) is 0 Å². The Morgan fingerprint density at radius 3 is 2.35 bits per heavy atom. The number of carbonyl (C=O) groups excluding carboxylic acids is 2. The summed E-state index contributed by atoms with van der Waals surface area (Å²) in [6.07, 6.45) is 1.08. The lowest BCUT2D eigenvalue weighted by Crippen LogP contribution is -2.37. The summed E-state index contributed by atoms with van der Waals surface area (Å²) in [6, 6.07) is 8.93. The molecule has 0 saturated heterocycles. The Balaban J connectivity index is 2.15. The van der Waals surface area contributed by atoms with Crippen LogP contribution >= 0.6 is 0 Å². The van der Waals surface area contributed by atoms with Crippen molar-refractivity contribution in [3.05, 3.63) is 53.1 Å². The molecule has 0 spiro atoms. The molecule has 0 N–H and O–H groups in total. The number of anilines is 1. The number of hydrogen-bond donors (Lipinski definition) is 0. The van der Waals surface area contributed by atoms with E-state index >= 15 is 0 Å². The number of sulfone groups is 1. The van der Waals surface area contributed by atoms with E-state index in [1.54, 1.807) is 55.4 Å². The van der Waals surface area contributed by atoms with Crippen molar-refractivity contribution in [2.45, 2.75) is 13.0 Å². The molecule has 0 radical (unpaired) electrons. The van der Waals surface area contributed by atoms with E-state index in [2.05, 4.69) is 0 Å². The molecule has 1 atom stereocenters. The van der Waals surface area contributed by atoms with Crippen LogP contribution in [-0.2, 0) is 9.84 Å². The van der Waals surface area contributed by atoms with Gasteiger partial charge in [0.2, 0.25) is 0 Å². The molecule has 2 amide bonds. The molecule has 9 heteroatoms. The van der Waals surface area contributed by atoms with Gasteiger partial charge in [-0.15, -0.1) is 0 Å². The third-order valence-corrected chi connectivity index (χ3v) is 5.97. The van der Waals surface area contributed by atoms with Gasteiger partial charge in [0.05, 0.1) is 36.6 Å². The maximum absolute atomic E-state index is 13.4. The first kappa shape index (κ1) is 22.6. The van der Waals surface area contributed by atoms with Gasteiger partial charge in [-0.05, 0) is 36.8 Å². The number of hydrogen-bond acceptors (Lipinski definition) is 7. The molecule has 0 bridgehead atoms. The molecule has 3 rings (SSSR count). The van der Waals surface area contributed by atoms with E-state index in [4.69, 9.17) is 9.47 Å². The SMILES string of the molecule is CCOc1cc([C@H](CS(C)(=O)=O)N2C(=O)c3cccc(N(C)C)c3C2=O)ccc1OC. The Labute approximate surface area is 182 Å². The zero-order valence-corrected chi connectivity index (χ0v) is 19.0. The third kappa shape index (κ3) is 4.36. The fraction of sp³-hybridized carbons (Fsp3) is 0.364. The first-order chi connectivity index (χ1) is 14.6. The topological polar surface area (TPSA) is 93.2 Å². The van der Waals surface area contributed by atoms with Gasteiger partial charge in [0.15, 0.2) is 11.5 Å². The summed E-state index contributed by atoms with van der Waals surface area (Å²) in [5.74, 6) is -0.571. The highest BCUT2D eigenvalue weighted by Gasteiger charge is 2.43. The average molecular weight is 447 g/mol. The summed E-state index contributed by atoms with van der Waals surface area (Å²) in [5.41, 5.74) is 1.60. The summed E-state index contributed by atoms with van der Waals surface area (Å²) >= 11 is 0. The minimum Gasteiger partial charge on any atom is -0.493 e. The van der Waals surface area contributed by atoms with E-state index in [0.717, 1.165) is 11.2 Å². The monoisotopic (exact) mass is 446 g/mol. The zero-order valence-electron chi connectivity index (χ0n) is 18.2. The van der Waals surface area contributed by atoms with E-state index in [1.165, 1.54) is 7.11 Å². The summed E-state index contributed by atoms with van der Waals surface area (Å²) in [5, 5.41) is 0. The Kier molecular flexibility index (Phi) is 6.26. The van der Waals surface area contributed by atoms with Gasteiger partial charge in [0, 0.05) is 26.0 Å². The Hall–Kier alpha value is -3.07. The second-order valence-corrected chi connectivity index (χ2v) is 9.71. The van der Waals surface area contributed by atoms with Gasteiger partial charge in [-0.1, -0.05) is 12.1 Å². The van der Waals surface area contributed by atoms with Crippen molar-refractivity contribution < 1.29 is 27.5 Å². The maximum atomic E-state index is 13.4. The fourth-order valence-electron chi connectivity index (χ4n) is 3.72. The number of benzene rings is 2. The molecule has 2 aromatic rings. The normalized spacial score (nSPS) is 14.4. The lowest BCUT2D eigenvalue weighted by Gasteiger charge is -2.27.